The number of hydrogen-bond acceptors (Lipinski definition) is 8. The Morgan fingerprint density at radius 3 is 2.59 bits per heavy atom. The minimum absolute atomic E-state index is 0.252. The maximum absolute atomic E-state index is 6.14. The first-order valence-electron chi connectivity index (χ1n) is 11.3. The minimum atomic E-state index is 0.252. The van der Waals surface area contributed by atoms with Gasteiger partial charge in [0.1, 0.15) is 6.61 Å². The van der Waals surface area contributed by atoms with Crippen molar-refractivity contribution in [1.29, 1.82) is 0 Å². The molecule has 0 aliphatic carbocycles. The van der Waals surface area contributed by atoms with Crippen LogP contribution in [0.15, 0.2) is 46.3 Å². The third kappa shape index (κ3) is 7.91. The van der Waals surface area contributed by atoms with Crippen molar-refractivity contribution in [3.63, 3.8) is 0 Å². The van der Waals surface area contributed by atoms with E-state index < -0.39 is 0 Å². The molecule has 2 aromatic heterocycles. The zero-order valence-electron chi connectivity index (χ0n) is 19.3. The van der Waals surface area contributed by atoms with Gasteiger partial charge in [-0.25, -0.2) is 9.97 Å². The average Bonchev–Trinajstić information content (AvgIpc) is 3.33. The van der Waals surface area contributed by atoms with E-state index in [1.807, 2.05) is 32.1 Å². The number of nitrogens with zero attached hydrogens (tertiary/aromatic N) is 5. The molecule has 2 aromatic rings. The Morgan fingerprint density at radius 1 is 1.22 bits per heavy atom. The zero-order valence-corrected chi connectivity index (χ0v) is 20.1. The molecule has 0 atom stereocenters. The molecule has 32 heavy (non-hydrogen) atoms. The molecule has 0 aromatic carbocycles. The molecule has 8 nitrogen and oxygen atoms in total. The first-order valence-corrected chi connectivity index (χ1v) is 11.8. The molecular formula is C23H35ClN6O2. The number of halogens is 1. The van der Waals surface area contributed by atoms with Gasteiger partial charge in [-0.3, -0.25) is 0 Å². The lowest BCUT2D eigenvalue weighted by atomic mass is 9.97. The highest BCUT2D eigenvalue weighted by Gasteiger charge is 2.26. The summed E-state index contributed by atoms with van der Waals surface area (Å²) in [5, 5.41) is 8.38. The van der Waals surface area contributed by atoms with Crippen molar-refractivity contribution in [2.24, 2.45) is 5.73 Å². The molecule has 1 aliphatic rings. The summed E-state index contributed by atoms with van der Waals surface area (Å²) in [6.07, 6.45) is 10.8. The third-order valence-corrected chi connectivity index (χ3v) is 5.32. The van der Waals surface area contributed by atoms with Gasteiger partial charge >= 0.3 is 0 Å². The van der Waals surface area contributed by atoms with Crippen molar-refractivity contribution in [3.8, 4) is 0 Å². The number of piperidine rings is 1. The summed E-state index contributed by atoms with van der Waals surface area (Å²) in [6, 6.07) is 1.82. The Kier molecular flexibility index (Phi) is 11.8. The molecule has 1 fully saturated rings. The van der Waals surface area contributed by atoms with E-state index in [0.29, 0.717) is 30.7 Å². The molecular weight excluding hydrogens is 428 g/mol. The molecule has 0 bridgehead atoms. The quantitative estimate of drug-likeness (QED) is 0.403. The SMILES string of the molecule is CC.CC/C(COCc1nnc(C2CCN(c3ncccn3)CC2)o1)=C(/N)C/C=C\CCl. The van der Waals surface area contributed by atoms with Crippen LogP contribution < -0.4 is 10.6 Å². The first kappa shape index (κ1) is 25.8. The van der Waals surface area contributed by atoms with Crippen LogP contribution >= 0.6 is 11.6 Å². The minimum Gasteiger partial charge on any atom is -0.422 e. The van der Waals surface area contributed by atoms with E-state index in [9.17, 15) is 0 Å². The number of hydrogen-bond donors (Lipinski definition) is 1. The van der Waals surface area contributed by atoms with Gasteiger partial charge in [0, 0.05) is 49.4 Å². The van der Waals surface area contributed by atoms with Gasteiger partial charge in [-0.15, -0.1) is 21.8 Å². The Bertz CT molecular complexity index is 832. The zero-order chi connectivity index (χ0) is 23.2. The van der Waals surface area contributed by atoms with Crippen LogP contribution in [0.5, 0.6) is 0 Å². The van der Waals surface area contributed by atoms with Gasteiger partial charge in [-0.1, -0.05) is 32.9 Å². The maximum Gasteiger partial charge on any atom is 0.242 e. The predicted octanol–water partition coefficient (Wildman–Crippen LogP) is 4.59. The predicted molar refractivity (Wildman–Crippen MR) is 128 cm³/mol. The normalized spacial score (nSPS) is 15.4. The van der Waals surface area contributed by atoms with E-state index in [-0.39, 0.29) is 12.5 Å². The van der Waals surface area contributed by atoms with Gasteiger partial charge in [0.25, 0.3) is 0 Å². The highest BCUT2D eigenvalue weighted by molar-refractivity contribution is 6.18. The summed E-state index contributed by atoms with van der Waals surface area (Å²) >= 11 is 5.64. The van der Waals surface area contributed by atoms with Gasteiger partial charge in [0.05, 0.1) is 6.61 Å². The van der Waals surface area contributed by atoms with Crippen molar-refractivity contribution < 1.29 is 9.15 Å². The van der Waals surface area contributed by atoms with E-state index in [0.717, 1.165) is 49.6 Å². The summed E-state index contributed by atoms with van der Waals surface area (Å²) in [5.41, 5.74) is 8.04. The monoisotopic (exact) mass is 462 g/mol. The van der Waals surface area contributed by atoms with Gasteiger partial charge in [-0.05, 0) is 30.9 Å². The van der Waals surface area contributed by atoms with E-state index in [4.69, 9.17) is 26.5 Å². The molecule has 0 saturated carbocycles. The first-order chi connectivity index (χ1) is 15.7. The molecule has 1 saturated heterocycles. The van der Waals surface area contributed by atoms with Gasteiger partial charge in [0.2, 0.25) is 17.7 Å². The standard InChI is InChI=1S/C21H29ClN6O2.C2H6/c1-2-16(18(23)6-3-4-9-22)14-29-15-19-26-27-20(30-19)17-7-12-28(13-8-17)21-24-10-5-11-25-21;1-2/h3-5,10-11,17H,2,6-9,12-15,23H2,1H3;1-2H3/b4-3-,18-16-;. The molecule has 1 aliphatic heterocycles. The molecule has 3 rings (SSSR count). The molecule has 0 amide bonds. The molecule has 0 radical (unpaired) electrons. The highest BCUT2D eigenvalue weighted by Crippen LogP contribution is 2.28. The second-order valence-corrected chi connectivity index (χ2v) is 7.46. The number of allylic oxidation sites excluding steroid dienone is 2. The third-order valence-electron chi connectivity index (χ3n) is 5.14. The number of nitrogens with two attached hydrogens (primary N) is 1. The van der Waals surface area contributed by atoms with Crippen LogP contribution in [0.25, 0.3) is 0 Å². The fourth-order valence-corrected chi connectivity index (χ4v) is 3.50. The van der Waals surface area contributed by atoms with Crippen LogP contribution in [0, 0.1) is 0 Å². The van der Waals surface area contributed by atoms with E-state index >= 15 is 0 Å². The highest BCUT2D eigenvalue weighted by atomic mass is 35.5. The lowest BCUT2D eigenvalue weighted by molar-refractivity contribution is 0.118. The Labute approximate surface area is 195 Å². The second kappa shape index (κ2) is 14.6. The largest absolute Gasteiger partial charge is 0.422 e. The van der Waals surface area contributed by atoms with Crippen molar-refractivity contribution in [2.45, 2.75) is 59.0 Å². The Hall–Kier alpha value is -2.45. The van der Waals surface area contributed by atoms with Crippen LogP contribution in [-0.2, 0) is 11.3 Å². The van der Waals surface area contributed by atoms with Gasteiger partial charge in [-0.2, -0.15) is 0 Å². The molecule has 2 N–H and O–H groups in total. The molecule has 0 unspecified atom stereocenters. The van der Waals surface area contributed by atoms with Crippen LogP contribution in [0.4, 0.5) is 5.95 Å². The lowest BCUT2D eigenvalue weighted by Crippen LogP contribution is -2.34. The van der Waals surface area contributed by atoms with E-state index in [2.05, 4.69) is 32.0 Å². The summed E-state index contributed by atoms with van der Waals surface area (Å²) in [5.74, 6) is 2.69. The molecule has 3 heterocycles. The van der Waals surface area contributed by atoms with Crippen molar-refractivity contribution in [3.05, 3.63) is 53.7 Å². The summed E-state index contributed by atoms with van der Waals surface area (Å²) in [7, 11) is 0. The summed E-state index contributed by atoms with van der Waals surface area (Å²) < 4.78 is 11.6. The van der Waals surface area contributed by atoms with Gasteiger partial charge in [0.15, 0.2) is 0 Å². The fourth-order valence-electron chi connectivity index (χ4n) is 3.37. The van der Waals surface area contributed by atoms with Crippen molar-refractivity contribution in [2.75, 3.05) is 30.5 Å². The molecule has 9 heteroatoms. The lowest BCUT2D eigenvalue weighted by Gasteiger charge is -2.30. The van der Waals surface area contributed by atoms with Crippen LogP contribution in [0.3, 0.4) is 0 Å². The van der Waals surface area contributed by atoms with Gasteiger partial charge < -0.3 is 19.8 Å². The van der Waals surface area contributed by atoms with E-state index in [1.165, 1.54) is 0 Å². The fraction of sp³-hybridized carbons (Fsp3) is 0.565. The molecule has 0 spiro atoms. The van der Waals surface area contributed by atoms with Crippen molar-refractivity contribution in [1.82, 2.24) is 20.2 Å². The smallest absolute Gasteiger partial charge is 0.242 e. The topological polar surface area (TPSA) is 103 Å². The average molecular weight is 463 g/mol. The number of alkyl halides is 1. The maximum atomic E-state index is 6.14. The van der Waals surface area contributed by atoms with Crippen LogP contribution in [0.1, 0.15) is 64.2 Å². The molecule has 176 valence electrons. The number of ether oxygens (including phenoxy) is 1. The Balaban J connectivity index is 0.00000176. The van der Waals surface area contributed by atoms with E-state index in [1.54, 1.807) is 12.4 Å². The number of rotatable bonds is 10. The number of aromatic nitrogens is 4. The summed E-state index contributed by atoms with van der Waals surface area (Å²) in [4.78, 5) is 10.8. The van der Waals surface area contributed by atoms with Crippen LogP contribution in [0.2, 0.25) is 0 Å². The summed E-state index contributed by atoms with van der Waals surface area (Å²) in [6.45, 7) is 8.52. The Morgan fingerprint density at radius 2 is 1.94 bits per heavy atom. The second-order valence-electron chi connectivity index (χ2n) is 7.15. The number of anilines is 1. The van der Waals surface area contributed by atoms with Crippen LogP contribution in [-0.4, -0.2) is 45.7 Å². The van der Waals surface area contributed by atoms with Crippen molar-refractivity contribution >= 4 is 17.5 Å².